The average Bonchev–Trinajstić information content (AvgIpc) is 2.99. The van der Waals surface area contributed by atoms with Gasteiger partial charge < -0.3 is 10.1 Å². The number of hydrogen-bond donors (Lipinski definition) is 1. The van der Waals surface area contributed by atoms with Crippen LogP contribution in [0.1, 0.15) is 36.3 Å². The average molecular weight is 311 g/mol. The molecule has 1 amide bonds. The second kappa shape index (κ2) is 7.27. The number of aromatic nitrogens is 2. The SMILES string of the molecule is C#Cc1cccc(-n2cc(NC(=O)CC)c(C(=O)OCC)n2)c1. The van der Waals surface area contributed by atoms with Crippen molar-refractivity contribution in [2.45, 2.75) is 20.3 Å². The molecular formula is C17H17N3O3. The normalized spacial score (nSPS) is 9.96. The Morgan fingerprint density at radius 1 is 1.39 bits per heavy atom. The second-order valence-electron chi connectivity index (χ2n) is 4.65. The van der Waals surface area contributed by atoms with E-state index in [1.165, 1.54) is 4.68 Å². The zero-order chi connectivity index (χ0) is 16.8. The quantitative estimate of drug-likeness (QED) is 0.679. The molecule has 0 atom stereocenters. The summed E-state index contributed by atoms with van der Waals surface area (Å²) in [6.07, 6.45) is 7.25. The Kier molecular flexibility index (Phi) is 5.15. The standard InChI is InChI=1S/C17H17N3O3/c1-4-12-8-7-9-13(10-12)20-11-14(18-15(21)5-2)16(19-20)17(22)23-6-3/h1,7-11H,5-6H2,2-3H3,(H,18,21). The van der Waals surface area contributed by atoms with E-state index in [0.717, 1.165) is 0 Å². The second-order valence-corrected chi connectivity index (χ2v) is 4.65. The fraction of sp³-hybridized carbons (Fsp3) is 0.235. The smallest absolute Gasteiger partial charge is 0.361 e. The van der Waals surface area contributed by atoms with Gasteiger partial charge in [-0.05, 0) is 25.1 Å². The zero-order valence-corrected chi connectivity index (χ0v) is 13.0. The van der Waals surface area contributed by atoms with Gasteiger partial charge in [0, 0.05) is 12.0 Å². The van der Waals surface area contributed by atoms with Crippen LogP contribution in [0.4, 0.5) is 5.69 Å². The Labute approximate surface area is 134 Å². The van der Waals surface area contributed by atoms with E-state index in [4.69, 9.17) is 11.2 Å². The van der Waals surface area contributed by atoms with E-state index in [9.17, 15) is 9.59 Å². The summed E-state index contributed by atoms with van der Waals surface area (Å²) in [7, 11) is 0. The molecule has 0 bridgehead atoms. The van der Waals surface area contributed by atoms with Gasteiger partial charge in [-0.25, -0.2) is 9.48 Å². The van der Waals surface area contributed by atoms with E-state index >= 15 is 0 Å². The minimum Gasteiger partial charge on any atom is -0.461 e. The minimum atomic E-state index is -0.592. The number of benzene rings is 1. The molecule has 6 heteroatoms. The van der Waals surface area contributed by atoms with E-state index in [1.54, 1.807) is 44.3 Å². The van der Waals surface area contributed by atoms with Crippen LogP contribution in [0, 0.1) is 12.3 Å². The third kappa shape index (κ3) is 3.77. The first-order valence-corrected chi connectivity index (χ1v) is 7.22. The van der Waals surface area contributed by atoms with Crippen LogP contribution in [0.25, 0.3) is 5.69 Å². The number of nitrogens with one attached hydrogen (secondary N) is 1. The highest BCUT2D eigenvalue weighted by Crippen LogP contribution is 2.19. The van der Waals surface area contributed by atoms with Gasteiger partial charge in [0.05, 0.1) is 24.2 Å². The highest BCUT2D eigenvalue weighted by Gasteiger charge is 2.20. The summed E-state index contributed by atoms with van der Waals surface area (Å²) in [5.41, 5.74) is 1.74. The van der Waals surface area contributed by atoms with Crippen molar-refractivity contribution in [1.29, 1.82) is 0 Å². The number of hydrogen-bond acceptors (Lipinski definition) is 4. The fourth-order valence-corrected chi connectivity index (χ4v) is 1.92. The molecule has 0 fully saturated rings. The van der Waals surface area contributed by atoms with Crippen LogP contribution >= 0.6 is 0 Å². The third-order valence-electron chi connectivity index (χ3n) is 3.06. The molecule has 1 aromatic carbocycles. The van der Waals surface area contributed by atoms with Crippen LogP contribution in [0.3, 0.4) is 0 Å². The van der Waals surface area contributed by atoms with Gasteiger partial charge in [-0.1, -0.05) is 18.9 Å². The maximum absolute atomic E-state index is 12.0. The van der Waals surface area contributed by atoms with Crippen LogP contribution < -0.4 is 5.32 Å². The van der Waals surface area contributed by atoms with Crippen molar-refractivity contribution in [3.8, 4) is 18.0 Å². The Morgan fingerprint density at radius 3 is 2.83 bits per heavy atom. The van der Waals surface area contributed by atoms with Crippen molar-refractivity contribution in [3.63, 3.8) is 0 Å². The lowest BCUT2D eigenvalue weighted by atomic mass is 10.2. The van der Waals surface area contributed by atoms with Gasteiger partial charge in [0.2, 0.25) is 5.91 Å². The van der Waals surface area contributed by atoms with E-state index in [2.05, 4.69) is 16.3 Å². The molecule has 0 saturated carbocycles. The number of carbonyl (C=O) groups is 2. The van der Waals surface area contributed by atoms with Crippen LogP contribution in [-0.2, 0) is 9.53 Å². The highest BCUT2D eigenvalue weighted by molar-refractivity contribution is 5.99. The molecule has 2 rings (SSSR count). The number of terminal acetylenes is 1. The first kappa shape index (κ1) is 16.3. The van der Waals surface area contributed by atoms with Gasteiger partial charge in [-0.15, -0.1) is 6.42 Å². The highest BCUT2D eigenvalue weighted by atomic mass is 16.5. The number of nitrogens with zero attached hydrogens (tertiary/aromatic N) is 2. The lowest BCUT2D eigenvalue weighted by Gasteiger charge is -2.02. The fourth-order valence-electron chi connectivity index (χ4n) is 1.92. The molecule has 0 aliphatic carbocycles. The van der Waals surface area contributed by atoms with Crippen molar-refractivity contribution < 1.29 is 14.3 Å². The van der Waals surface area contributed by atoms with Gasteiger partial charge in [0.1, 0.15) is 0 Å². The van der Waals surface area contributed by atoms with Gasteiger partial charge in [0.15, 0.2) is 5.69 Å². The van der Waals surface area contributed by atoms with E-state index in [-0.39, 0.29) is 18.2 Å². The minimum absolute atomic E-state index is 0.0553. The van der Waals surface area contributed by atoms with Crippen LogP contribution in [0.5, 0.6) is 0 Å². The molecule has 0 unspecified atom stereocenters. The maximum atomic E-state index is 12.0. The first-order valence-electron chi connectivity index (χ1n) is 7.22. The number of amides is 1. The summed E-state index contributed by atoms with van der Waals surface area (Å²) >= 11 is 0. The summed E-state index contributed by atoms with van der Waals surface area (Å²) in [4.78, 5) is 23.7. The van der Waals surface area contributed by atoms with Gasteiger partial charge in [-0.2, -0.15) is 5.10 Å². The van der Waals surface area contributed by atoms with Crippen molar-refractivity contribution >= 4 is 17.6 Å². The summed E-state index contributed by atoms with van der Waals surface area (Å²) in [5.74, 6) is 1.73. The van der Waals surface area contributed by atoms with Crippen molar-refractivity contribution in [2.24, 2.45) is 0 Å². The van der Waals surface area contributed by atoms with E-state index < -0.39 is 5.97 Å². The molecule has 1 N–H and O–H groups in total. The number of ether oxygens (including phenoxy) is 1. The molecule has 2 aromatic rings. The largest absolute Gasteiger partial charge is 0.461 e. The summed E-state index contributed by atoms with van der Waals surface area (Å²) in [5, 5.41) is 6.88. The number of esters is 1. The Balaban J connectivity index is 2.45. The molecule has 1 heterocycles. The van der Waals surface area contributed by atoms with Gasteiger partial charge >= 0.3 is 5.97 Å². The predicted octanol–water partition coefficient (Wildman–Crippen LogP) is 2.38. The summed E-state index contributed by atoms with van der Waals surface area (Å²) in [6.45, 7) is 3.65. The molecular weight excluding hydrogens is 294 g/mol. The lowest BCUT2D eigenvalue weighted by Crippen LogP contribution is -2.14. The van der Waals surface area contributed by atoms with E-state index in [0.29, 0.717) is 23.4 Å². The predicted molar refractivity (Wildman–Crippen MR) is 86.4 cm³/mol. The Bertz CT molecular complexity index is 772. The zero-order valence-electron chi connectivity index (χ0n) is 13.0. The summed E-state index contributed by atoms with van der Waals surface area (Å²) < 4.78 is 6.46. The number of carbonyl (C=O) groups excluding carboxylic acids is 2. The molecule has 0 aliphatic heterocycles. The molecule has 118 valence electrons. The van der Waals surface area contributed by atoms with Gasteiger partial charge in [-0.3, -0.25) is 4.79 Å². The topological polar surface area (TPSA) is 73.2 Å². The summed E-state index contributed by atoms with van der Waals surface area (Å²) in [6, 6.07) is 7.14. The van der Waals surface area contributed by atoms with Gasteiger partial charge in [0.25, 0.3) is 0 Å². The van der Waals surface area contributed by atoms with Crippen LogP contribution in [0.2, 0.25) is 0 Å². The third-order valence-corrected chi connectivity index (χ3v) is 3.06. The van der Waals surface area contributed by atoms with Crippen molar-refractivity contribution in [1.82, 2.24) is 9.78 Å². The molecule has 1 aromatic heterocycles. The molecule has 0 aliphatic rings. The monoisotopic (exact) mass is 311 g/mol. The van der Waals surface area contributed by atoms with E-state index in [1.807, 2.05) is 0 Å². The maximum Gasteiger partial charge on any atom is 0.361 e. The molecule has 0 spiro atoms. The molecule has 23 heavy (non-hydrogen) atoms. The Hall–Kier alpha value is -3.07. The molecule has 0 radical (unpaired) electrons. The van der Waals surface area contributed by atoms with Crippen molar-refractivity contribution in [2.75, 3.05) is 11.9 Å². The molecule has 0 saturated heterocycles. The molecule has 6 nitrogen and oxygen atoms in total. The van der Waals surface area contributed by atoms with Crippen LogP contribution in [0.15, 0.2) is 30.5 Å². The number of rotatable bonds is 5. The lowest BCUT2D eigenvalue weighted by molar-refractivity contribution is -0.115. The first-order chi connectivity index (χ1) is 11.1. The number of anilines is 1. The van der Waals surface area contributed by atoms with Crippen LogP contribution in [-0.4, -0.2) is 28.3 Å². The Morgan fingerprint density at radius 2 is 2.17 bits per heavy atom. The van der Waals surface area contributed by atoms with Crippen molar-refractivity contribution in [3.05, 3.63) is 41.7 Å².